The lowest BCUT2D eigenvalue weighted by Gasteiger charge is -2.07. The van der Waals surface area contributed by atoms with Gasteiger partial charge in [0.2, 0.25) is 0 Å². The van der Waals surface area contributed by atoms with Gasteiger partial charge in [0.05, 0.1) is 11.9 Å². The highest BCUT2D eigenvalue weighted by Crippen LogP contribution is 2.19. The molecule has 0 aliphatic heterocycles. The highest BCUT2D eigenvalue weighted by molar-refractivity contribution is 6.05. The summed E-state index contributed by atoms with van der Waals surface area (Å²) < 4.78 is 0. The van der Waals surface area contributed by atoms with Gasteiger partial charge in [-0.3, -0.25) is 10.5 Å². The predicted molar refractivity (Wildman–Crippen MR) is 84.6 cm³/mol. The van der Waals surface area contributed by atoms with Crippen molar-refractivity contribution in [3.63, 3.8) is 0 Å². The molecular formula is C17H13N4O. The van der Waals surface area contributed by atoms with Gasteiger partial charge in [-0.05, 0) is 12.1 Å². The molecule has 1 heterocycles. The van der Waals surface area contributed by atoms with Crippen molar-refractivity contribution in [2.45, 2.75) is 0 Å². The van der Waals surface area contributed by atoms with E-state index < -0.39 is 5.91 Å². The van der Waals surface area contributed by atoms with E-state index in [1.807, 2.05) is 48.5 Å². The number of hydrogen-bond donors (Lipinski definition) is 1. The Labute approximate surface area is 127 Å². The van der Waals surface area contributed by atoms with Crippen LogP contribution in [-0.4, -0.2) is 15.9 Å². The highest BCUT2D eigenvalue weighted by atomic mass is 16.1. The van der Waals surface area contributed by atoms with Gasteiger partial charge in [0.15, 0.2) is 11.5 Å². The molecule has 0 aliphatic carbocycles. The van der Waals surface area contributed by atoms with E-state index in [2.05, 4.69) is 15.3 Å². The van der Waals surface area contributed by atoms with Crippen molar-refractivity contribution in [2.24, 2.45) is 0 Å². The maximum atomic E-state index is 12.3. The molecule has 1 aromatic heterocycles. The summed E-state index contributed by atoms with van der Waals surface area (Å²) in [7, 11) is 0. The topological polar surface area (TPSA) is 78.7 Å². The van der Waals surface area contributed by atoms with Crippen LogP contribution >= 0.6 is 0 Å². The number of para-hydroxylation sites is 1. The first-order valence-corrected chi connectivity index (χ1v) is 6.74. The Hall–Kier alpha value is -3.21. The third kappa shape index (κ3) is 2.93. The van der Waals surface area contributed by atoms with Gasteiger partial charge >= 0.3 is 0 Å². The first kappa shape index (κ1) is 13.8. The number of rotatable bonds is 3. The molecule has 3 rings (SSSR count). The molecule has 0 aliphatic rings. The predicted octanol–water partition coefficient (Wildman–Crippen LogP) is 3.31. The number of nitrogens with one attached hydrogen (secondary N) is 2. The third-order valence-corrected chi connectivity index (χ3v) is 3.09. The average molecular weight is 289 g/mol. The number of nitrogens with zero attached hydrogens (tertiary/aromatic N) is 2. The average Bonchev–Trinajstić information content (AvgIpc) is 2.57. The Bertz CT molecular complexity index is 788. The van der Waals surface area contributed by atoms with Crippen LogP contribution in [0.5, 0.6) is 0 Å². The van der Waals surface area contributed by atoms with Crippen molar-refractivity contribution in [1.29, 1.82) is 0 Å². The van der Waals surface area contributed by atoms with E-state index in [4.69, 9.17) is 5.73 Å². The number of amides is 1. The van der Waals surface area contributed by atoms with Crippen LogP contribution in [0.4, 0.5) is 11.5 Å². The molecule has 2 aromatic carbocycles. The van der Waals surface area contributed by atoms with Gasteiger partial charge in [-0.2, -0.15) is 0 Å². The Morgan fingerprint density at radius 1 is 0.955 bits per heavy atom. The quantitative estimate of drug-likeness (QED) is 0.803. The molecule has 0 saturated heterocycles. The van der Waals surface area contributed by atoms with Crippen LogP contribution in [0.15, 0.2) is 66.9 Å². The first-order valence-electron chi connectivity index (χ1n) is 6.74. The monoisotopic (exact) mass is 289 g/mol. The van der Waals surface area contributed by atoms with Crippen LogP contribution in [-0.2, 0) is 0 Å². The van der Waals surface area contributed by atoms with Crippen LogP contribution in [0.25, 0.3) is 11.3 Å². The van der Waals surface area contributed by atoms with E-state index in [1.165, 1.54) is 6.20 Å². The van der Waals surface area contributed by atoms with Crippen LogP contribution in [0, 0.1) is 0 Å². The number of aromatic nitrogens is 2. The van der Waals surface area contributed by atoms with Gasteiger partial charge < -0.3 is 5.32 Å². The second-order valence-corrected chi connectivity index (χ2v) is 4.64. The SMILES string of the molecule is [NH]c1ncc(-c2ccccc2)nc1C(=O)Nc1ccccc1. The molecule has 3 aromatic rings. The van der Waals surface area contributed by atoms with Crippen LogP contribution in [0.2, 0.25) is 0 Å². The minimum absolute atomic E-state index is 0.00482. The van der Waals surface area contributed by atoms with Crippen LogP contribution in [0.3, 0.4) is 0 Å². The number of benzene rings is 2. The molecule has 0 bridgehead atoms. The van der Waals surface area contributed by atoms with Crippen LogP contribution in [0.1, 0.15) is 10.5 Å². The van der Waals surface area contributed by atoms with E-state index in [1.54, 1.807) is 12.1 Å². The van der Waals surface area contributed by atoms with E-state index in [0.717, 1.165) is 5.56 Å². The molecule has 0 spiro atoms. The Balaban J connectivity index is 1.91. The fourth-order valence-corrected chi connectivity index (χ4v) is 2.01. The Kier molecular flexibility index (Phi) is 3.78. The first-order chi connectivity index (χ1) is 10.7. The maximum Gasteiger partial charge on any atom is 0.278 e. The van der Waals surface area contributed by atoms with Crippen molar-refractivity contribution < 1.29 is 4.79 Å². The molecule has 0 unspecified atom stereocenters. The second kappa shape index (κ2) is 6.05. The zero-order valence-electron chi connectivity index (χ0n) is 11.7. The zero-order chi connectivity index (χ0) is 15.4. The summed E-state index contributed by atoms with van der Waals surface area (Å²) >= 11 is 0. The van der Waals surface area contributed by atoms with Crippen molar-refractivity contribution in [2.75, 3.05) is 5.32 Å². The van der Waals surface area contributed by atoms with Gasteiger partial charge in [0.1, 0.15) is 0 Å². The third-order valence-electron chi connectivity index (χ3n) is 3.09. The standard InChI is InChI=1S/C17H13N4O/c18-16-15(17(22)20-13-9-5-2-6-10-13)21-14(11-19-16)12-7-3-1-4-8-12/h1-11,18H,(H,20,22). The zero-order valence-corrected chi connectivity index (χ0v) is 11.7. The number of carbonyl (C=O) groups excluding carboxylic acids is 1. The lowest BCUT2D eigenvalue weighted by Crippen LogP contribution is -2.15. The van der Waals surface area contributed by atoms with Gasteiger partial charge in [-0.1, -0.05) is 48.5 Å². The largest absolute Gasteiger partial charge is 0.321 e. The highest BCUT2D eigenvalue weighted by Gasteiger charge is 2.15. The van der Waals surface area contributed by atoms with Crippen molar-refractivity contribution in [1.82, 2.24) is 15.7 Å². The molecule has 107 valence electrons. The fraction of sp³-hybridized carbons (Fsp3) is 0. The van der Waals surface area contributed by atoms with E-state index >= 15 is 0 Å². The van der Waals surface area contributed by atoms with Crippen molar-refractivity contribution in [3.8, 4) is 11.3 Å². The van der Waals surface area contributed by atoms with Gasteiger partial charge in [0, 0.05) is 11.3 Å². The molecule has 5 nitrogen and oxygen atoms in total. The molecule has 0 saturated carbocycles. The molecular weight excluding hydrogens is 276 g/mol. The summed E-state index contributed by atoms with van der Waals surface area (Å²) in [6.07, 6.45) is 1.50. The minimum Gasteiger partial charge on any atom is -0.321 e. The number of carbonyl (C=O) groups is 1. The minimum atomic E-state index is -0.443. The molecule has 1 amide bonds. The second-order valence-electron chi connectivity index (χ2n) is 4.64. The number of hydrogen-bond acceptors (Lipinski definition) is 3. The van der Waals surface area contributed by atoms with E-state index in [-0.39, 0.29) is 11.5 Å². The van der Waals surface area contributed by atoms with Gasteiger partial charge in [-0.25, -0.2) is 9.97 Å². The van der Waals surface area contributed by atoms with E-state index in [0.29, 0.717) is 11.4 Å². The summed E-state index contributed by atoms with van der Waals surface area (Å²) in [4.78, 5) is 20.5. The summed E-state index contributed by atoms with van der Waals surface area (Å²) in [5.41, 5.74) is 9.86. The summed E-state index contributed by atoms with van der Waals surface area (Å²) in [6, 6.07) is 18.5. The molecule has 1 radical (unpaired) electrons. The summed E-state index contributed by atoms with van der Waals surface area (Å²) in [6.45, 7) is 0. The molecule has 2 N–H and O–H groups in total. The van der Waals surface area contributed by atoms with Crippen molar-refractivity contribution >= 4 is 17.4 Å². The Morgan fingerprint density at radius 3 is 2.27 bits per heavy atom. The molecule has 0 fully saturated rings. The fourth-order valence-electron chi connectivity index (χ4n) is 2.01. The smallest absolute Gasteiger partial charge is 0.278 e. The lowest BCUT2D eigenvalue weighted by molar-refractivity contribution is 0.102. The molecule has 22 heavy (non-hydrogen) atoms. The normalized spacial score (nSPS) is 10.2. The number of anilines is 1. The van der Waals surface area contributed by atoms with Gasteiger partial charge in [0.25, 0.3) is 5.91 Å². The van der Waals surface area contributed by atoms with Crippen LogP contribution < -0.4 is 11.1 Å². The maximum absolute atomic E-state index is 12.3. The summed E-state index contributed by atoms with van der Waals surface area (Å²) in [5, 5.41) is 2.72. The Morgan fingerprint density at radius 2 is 1.59 bits per heavy atom. The van der Waals surface area contributed by atoms with Gasteiger partial charge in [-0.15, -0.1) is 0 Å². The lowest BCUT2D eigenvalue weighted by atomic mass is 10.1. The summed E-state index contributed by atoms with van der Waals surface area (Å²) in [5.74, 6) is -0.588. The van der Waals surface area contributed by atoms with E-state index in [9.17, 15) is 4.79 Å². The molecule has 5 heteroatoms. The van der Waals surface area contributed by atoms with Crippen molar-refractivity contribution in [3.05, 3.63) is 72.6 Å². The molecule has 0 atom stereocenters.